The van der Waals surface area contributed by atoms with Crippen molar-refractivity contribution in [3.8, 4) is 5.69 Å². The minimum Gasteiger partial charge on any atom is -0.465 e. The highest BCUT2D eigenvalue weighted by Gasteiger charge is 2.34. The van der Waals surface area contributed by atoms with Crippen molar-refractivity contribution >= 4 is 11.9 Å². The van der Waals surface area contributed by atoms with Crippen molar-refractivity contribution in [3.63, 3.8) is 0 Å². The lowest BCUT2D eigenvalue weighted by molar-refractivity contribution is -0.134. The van der Waals surface area contributed by atoms with Gasteiger partial charge >= 0.3 is 5.97 Å². The van der Waals surface area contributed by atoms with Crippen LogP contribution in [0, 0.1) is 5.92 Å². The van der Waals surface area contributed by atoms with E-state index >= 15 is 0 Å². The van der Waals surface area contributed by atoms with Crippen LogP contribution in [-0.4, -0.2) is 47.8 Å². The maximum atomic E-state index is 12.5. The molecule has 1 aromatic heterocycles. The molecule has 2 fully saturated rings. The molecule has 2 aliphatic rings. The van der Waals surface area contributed by atoms with Crippen molar-refractivity contribution in [1.82, 2.24) is 14.7 Å². The highest BCUT2D eigenvalue weighted by atomic mass is 16.5. The average Bonchev–Trinajstić information content (AvgIpc) is 3.50. The molecular weight excluding hydrogens is 366 g/mol. The van der Waals surface area contributed by atoms with Crippen LogP contribution in [0.25, 0.3) is 5.69 Å². The first kappa shape index (κ1) is 19.7. The van der Waals surface area contributed by atoms with E-state index in [2.05, 4.69) is 23.3 Å². The van der Waals surface area contributed by atoms with Crippen molar-refractivity contribution in [1.29, 1.82) is 0 Å². The van der Waals surface area contributed by atoms with E-state index in [0.29, 0.717) is 17.4 Å². The molecule has 0 saturated heterocycles. The van der Waals surface area contributed by atoms with Gasteiger partial charge in [-0.05, 0) is 55.7 Å². The maximum absolute atomic E-state index is 12.5. The molecule has 0 bridgehead atoms. The summed E-state index contributed by atoms with van der Waals surface area (Å²) in [7, 11) is 5.08. The summed E-state index contributed by atoms with van der Waals surface area (Å²) in [5, 5.41) is 4.52. The van der Waals surface area contributed by atoms with Crippen molar-refractivity contribution in [2.24, 2.45) is 5.92 Å². The van der Waals surface area contributed by atoms with Gasteiger partial charge in [-0.25, -0.2) is 9.48 Å². The lowest BCUT2D eigenvalue weighted by Gasteiger charge is -2.30. The van der Waals surface area contributed by atoms with Crippen LogP contribution in [0.15, 0.2) is 30.5 Å². The monoisotopic (exact) mass is 395 g/mol. The molecule has 4 rings (SSSR count). The van der Waals surface area contributed by atoms with Crippen LogP contribution in [-0.2, 0) is 9.53 Å². The lowest BCUT2D eigenvalue weighted by atomic mass is 9.77. The highest BCUT2D eigenvalue weighted by molar-refractivity contribution is 5.90. The molecule has 29 heavy (non-hydrogen) atoms. The third kappa shape index (κ3) is 3.93. The molecule has 0 aliphatic heterocycles. The maximum Gasteiger partial charge on any atom is 0.341 e. The van der Waals surface area contributed by atoms with Crippen molar-refractivity contribution < 1.29 is 14.3 Å². The molecule has 0 spiro atoms. The zero-order valence-corrected chi connectivity index (χ0v) is 17.4. The fourth-order valence-corrected chi connectivity index (χ4v) is 4.57. The van der Waals surface area contributed by atoms with Crippen LogP contribution in [0.2, 0.25) is 0 Å². The number of amides is 1. The fourth-order valence-electron chi connectivity index (χ4n) is 4.57. The minimum absolute atomic E-state index is 0.102. The Balaban J connectivity index is 1.62. The van der Waals surface area contributed by atoms with Crippen LogP contribution in [0.5, 0.6) is 0 Å². The molecule has 1 amide bonds. The Bertz CT molecular complexity index is 914. The predicted molar refractivity (Wildman–Crippen MR) is 110 cm³/mol. The largest absolute Gasteiger partial charge is 0.465 e. The zero-order valence-electron chi connectivity index (χ0n) is 17.4. The van der Waals surface area contributed by atoms with Crippen molar-refractivity contribution in [2.45, 2.75) is 50.4 Å². The number of benzene rings is 1. The Hall–Kier alpha value is -2.63. The number of ether oxygens (including phenoxy) is 1. The van der Waals surface area contributed by atoms with Crippen LogP contribution < -0.4 is 0 Å². The number of rotatable bonds is 5. The first-order valence-electron chi connectivity index (χ1n) is 10.5. The van der Waals surface area contributed by atoms with Gasteiger partial charge in [0.05, 0.1) is 24.7 Å². The number of hydrogen-bond acceptors (Lipinski definition) is 4. The van der Waals surface area contributed by atoms with Gasteiger partial charge in [-0.2, -0.15) is 5.10 Å². The first-order valence-corrected chi connectivity index (χ1v) is 10.5. The molecule has 1 heterocycles. The van der Waals surface area contributed by atoms with Gasteiger partial charge in [0.25, 0.3) is 0 Å². The quantitative estimate of drug-likeness (QED) is 0.721. The number of nitrogens with zero attached hydrogens (tertiary/aromatic N) is 3. The Morgan fingerprint density at radius 3 is 2.62 bits per heavy atom. The number of carbonyl (C=O) groups excluding carboxylic acids is 2. The number of methoxy groups -OCH3 is 1. The molecule has 2 aliphatic carbocycles. The smallest absolute Gasteiger partial charge is 0.341 e. The number of esters is 1. The van der Waals surface area contributed by atoms with Gasteiger partial charge < -0.3 is 9.64 Å². The van der Waals surface area contributed by atoms with Crippen LogP contribution in [0.3, 0.4) is 0 Å². The summed E-state index contributed by atoms with van der Waals surface area (Å²) in [6.45, 7) is 0. The summed E-state index contributed by atoms with van der Waals surface area (Å²) in [5.41, 5.74) is 3.74. The number of carbonyl (C=O) groups is 2. The summed E-state index contributed by atoms with van der Waals surface area (Å²) >= 11 is 0. The Labute approximate surface area is 171 Å². The summed E-state index contributed by atoms with van der Waals surface area (Å²) in [4.78, 5) is 26.3. The normalized spacial score (nSPS) is 21.6. The molecule has 6 heteroatoms. The lowest BCUT2D eigenvalue weighted by Crippen LogP contribution is -2.32. The van der Waals surface area contributed by atoms with Gasteiger partial charge in [0.1, 0.15) is 5.56 Å². The van der Waals surface area contributed by atoms with E-state index in [0.717, 1.165) is 49.9 Å². The molecule has 154 valence electrons. The van der Waals surface area contributed by atoms with Gasteiger partial charge in [0, 0.05) is 25.9 Å². The second kappa shape index (κ2) is 8.01. The highest BCUT2D eigenvalue weighted by Crippen LogP contribution is 2.43. The second-order valence-electron chi connectivity index (χ2n) is 8.51. The predicted octanol–water partition coefficient (Wildman–Crippen LogP) is 3.90. The van der Waals surface area contributed by atoms with Crippen molar-refractivity contribution in [2.75, 3.05) is 21.2 Å². The summed E-state index contributed by atoms with van der Waals surface area (Å²) in [6, 6.07) is 8.41. The average molecular weight is 396 g/mol. The van der Waals surface area contributed by atoms with Gasteiger partial charge in [0.15, 0.2) is 0 Å². The molecule has 2 unspecified atom stereocenters. The first-order chi connectivity index (χ1) is 14.0. The standard InChI is InChI=1S/C23H29N3O3/c1-25(2)22(27)18-8-4-6-16(12-18)17-7-5-9-19(13-17)26-21(15-10-11-15)20(14-24-26)23(28)29-3/h5,7,9,13-16,18H,4,6,8,10-12H2,1-3H3. The third-order valence-corrected chi connectivity index (χ3v) is 6.23. The molecule has 0 N–H and O–H groups in total. The zero-order chi connectivity index (χ0) is 20.5. The fraction of sp³-hybridized carbons (Fsp3) is 0.522. The Morgan fingerprint density at radius 2 is 1.93 bits per heavy atom. The van der Waals surface area contributed by atoms with E-state index in [-0.39, 0.29) is 17.8 Å². The Kier molecular flexibility index (Phi) is 5.43. The van der Waals surface area contributed by atoms with Crippen LogP contribution in [0.1, 0.15) is 72.0 Å². The van der Waals surface area contributed by atoms with E-state index in [1.165, 1.54) is 12.7 Å². The van der Waals surface area contributed by atoms with Crippen molar-refractivity contribution in [3.05, 3.63) is 47.3 Å². The van der Waals surface area contributed by atoms with Crippen LogP contribution in [0.4, 0.5) is 0 Å². The molecular formula is C23H29N3O3. The molecule has 6 nitrogen and oxygen atoms in total. The molecule has 2 aromatic rings. The van der Waals surface area contributed by atoms with Gasteiger partial charge in [-0.15, -0.1) is 0 Å². The Morgan fingerprint density at radius 1 is 1.14 bits per heavy atom. The molecule has 2 saturated carbocycles. The molecule has 2 atom stereocenters. The van der Waals surface area contributed by atoms with Gasteiger partial charge in [-0.1, -0.05) is 18.6 Å². The summed E-state index contributed by atoms with van der Waals surface area (Å²) in [6.07, 6.45) is 7.81. The van der Waals surface area contributed by atoms with Gasteiger partial charge in [0.2, 0.25) is 5.91 Å². The van der Waals surface area contributed by atoms with E-state index in [1.807, 2.05) is 24.8 Å². The SMILES string of the molecule is COC(=O)c1cnn(-c2cccc(C3CCCC(C(=O)N(C)C)C3)c2)c1C1CC1. The summed E-state index contributed by atoms with van der Waals surface area (Å²) in [5.74, 6) is 0.748. The van der Waals surface area contributed by atoms with E-state index in [4.69, 9.17) is 4.74 Å². The van der Waals surface area contributed by atoms with Crippen LogP contribution >= 0.6 is 0 Å². The number of aromatic nitrogens is 2. The van der Waals surface area contributed by atoms with E-state index in [9.17, 15) is 9.59 Å². The summed E-state index contributed by atoms with van der Waals surface area (Å²) < 4.78 is 6.85. The third-order valence-electron chi connectivity index (χ3n) is 6.23. The number of hydrogen-bond donors (Lipinski definition) is 0. The molecule has 0 radical (unpaired) electrons. The minimum atomic E-state index is -0.327. The molecule has 1 aromatic carbocycles. The van der Waals surface area contributed by atoms with Gasteiger partial charge in [-0.3, -0.25) is 4.79 Å². The van der Waals surface area contributed by atoms with E-state index in [1.54, 1.807) is 11.1 Å². The topological polar surface area (TPSA) is 64.4 Å². The second-order valence-corrected chi connectivity index (χ2v) is 8.51. The van der Waals surface area contributed by atoms with E-state index < -0.39 is 0 Å².